The van der Waals surface area contributed by atoms with Crippen LogP contribution in [0.5, 0.6) is 0 Å². The van der Waals surface area contributed by atoms with Crippen molar-refractivity contribution >= 4 is 28.9 Å². The van der Waals surface area contributed by atoms with E-state index in [-0.39, 0.29) is 18.5 Å². The quantitative estimate of drug-likeness (QED) is 0.611. The number of aromatic nitrogens is 6. The van der Waals surface area contributed by atoms with Crippen molar-refractivity contribution in [3.63, 3.8) is 0 Å². The van der Waals surface area contributed by atoms with E-state index in [2.05, 4.69) is 20.1 Å². The summed E-state index contributed by atoms with van der Waals surface area (Å²) in [5.41, 5.74) is 7.46. The van der Waals surface area contributed by atoms with Crippen LogP contribution >= 0.6 is 0 Å². The number of esters is 1. The summed E-state index contributed by atoms with van der Waals surface area (Å²) in [5, 5.41) is 5.00. The zero-order valence-electron chi connectivity index (χ0n) is 15.4. The molecule has 4 heterocycles. The first-order valence-electron chi connectivity index (χ1n) is 8.95. The molecule has 0 saturated carbocycles. The predicted octanol–water partition coefficient (Wildman–Crippen LogP) is 0.265. The van der Waals surface area contributed by atoms with E-state index in [9.17, 15) is 4.79 Å². The zero-order valence-corrected chi connectivity index (χ0v) is 15.4. The van der Waals surface area contributed by atoms with E-state index in [0.29, 0.717) is 61.1 Å². The van der Waals surface area contributed by atoms with Crippen molar-refractivity contribution in [1.29, 1.82) is 0 Å². The fourth-order valence-electron chi connectivity index (χ4n) is 2.97. The maximum atomic E-state index is 11.9. The first-order chi connectivity index (χ1) is 13.7. The Morgan fingerprint density at radius 3 is 2.68 bits per heavy atom. The topological polar surface area (TPSA) is 134 Å². The molecule has 0 bridgehead atoms. The Morgan fingerprint density at radius 2 is 1.96 bits per heavy atom. The molecule has 0 aliphatic carbocycles. The highest BCUT2D eigenvalue weighted by Crippen LogP contribution is 2.28. The van der Waals surface area contributed by atoms with Crippen molar-refractivity contribution in [2.75, 3.05) is 43.5 Å². The van der Waals surface area contributed by atoms with Crippen LogP contribution in [-0.4, -0.2) is 68.6 Å². The minimum absolute atomic E-state index is 0.0332. The third kappa shape index (κ3) is 3.56. The molecular formula is C17H20N8O3. The number of carbonyl (C=O) groups excluding carboxylic acids is 1. The Labute approximate surface area is 160 Å². The molecule has 0 unspecified atom stereocenters. The molecule has 0 aromatic carbocycles. The summed E-state index contributed by atoms with van der Waals surface area (Å²) < 4.78 is 12.0. The molecule has 0 radical (unpaired) electrons. The van der Waals surface area contributed by atoms with Crippen LogP contribution in [0.25, 0.3) is 22.3 Å². The van der Waals surface area contributed by atoms with E-state index in [1.165, 1.54) is 4.68 Å². The standard InChI is InChI=1S/C17H20N8O3/c1-2-28-13(26)10-25-15-12(9-21-25)14(11-7-19-16(18)20-8-11)22-17(23-15)24-3-5-27-6-4-24/h7-9H,2-6,10H2,1H3,(H2,18,19,20). The van der Waals surface area contributed by atoms with E-state index in [1.54, 1.807) is 25.5 Å². The molecule has 28 heavy (non-hydrogen) atoms. The highest BCUT2D eigenvalue weighted by Gasteiger charge is 2.21. The molecule has 1 aliphatic rings. The number of anilines is 2. The van der Waals surface area contributed by atoms with Gasteiger partial charge in [0.05, 0.1) is 37.1 Å². The molecule has 11 nitrogen and oxygen atoms in total. The number of morpholine rings is 1. The zero-order chi connectivity index (χ0) is 19.5. The third-order valence-corrected chi connectivity index (χ3v) is 4.31. The lowest BCUT2D eigenvalue weighted by atomic mass is 10.2. The Kier molecular flexibility index (Phi) is 4.98. The third-order valence-electron chi connectivity index (χ3n) is 4.31. The van der Waals surface area contributed by atoms with Crippen LogP contribution in [0, 0.1) is 0 Å². The van der Waals surface area contributed by atoms with Gasteiger partial charge >= 0.3 is 5.97 Å². The van der Waals surface area contributed by atoms with Crippen LogP contribution in [0.3, 0.4) is 0 Å². The lowest BCUT2D eigenvalue weighted by Crippen LogP contribution is -2.37. The maximum Gasteiger partial charge on any atom is 0.327 e. The second kappa shape index (κ2) is 7.72. The first-order valence-corrected chi connectivity index (χ1v) is 8.95. The number of nitrogens with two attached hydrogens (primary N) is 1. The molecule has 0 amide bonds. The summed E-state index contributed by atoms with van der Waals surface area (Å²) in [7, 11) is 0. The molecule has 3 aromatic rings. The minimum atomic E-state index is -0.378. The summed E-state index contributed by atoms with van der Waals surface area (Å²) in [4.78, 5) is 31.5. The molecular weight excluding hydrogens is 364 g/mol. The smallest absolute Gasteiger partial charge is 0.327 e. The van der Waals surface area contributed by atoms with Gasteiger partial charge in [0.15, 0.2) is 5.65 Å². The summed E-state index contributed by atoms with van der Waals surface area (Å²) in [5.74, 6) is 0.338. The van der Waals surface area contributed by atoms with E-state index >= 15 is 0 Å². The van der Waals surface area contributed by atoms with Crippen LogP contribution in [-0.2, 0) is 20.8 Å². The maximum absolute atomic E-state index is 11.9. The number of nitrogens with zero attached hydrogens (tertiary/aromatic N) is 7. The van der Waals surface area contributed by atoms with Crippen molar-refractivity contribution in [3.05, 3.63) is 18.6 Å². The van der Waals surface area contributed by atoms with E-state index in [1.807, 2.05) is 4.90 Å². The van der Waals surface area contributed by atoms with Crippen LogP contribution in [0.2, 0.25) is 0 Å². The second-order valence-corrected chi connectivity index (χ2v) is 6.15. The Morgan fingerprint density at radius 1 is 1.21 bits per heavy atom. The summed E-state index contributed by atoms with van der Waals surface area (Å²) in [6.07, 6.45) is 4.84. The van der Waals surface area contributed by atoms with Gasteiger partial charge in [-0.25, -0.2) is 19.6 Å². The lowest BCUT2D eigenvalue weighted by Gasteiger charge is -2.27. The van der Waals surface area contributed by atoms with Crippen LogP contribution in [0.15, 0.2) is 18.6 Å². The van der Waals surface area contributed by atoms with E-state index in [0.717, 1.165) is 0 Å². The predicted molar refractivity (Wildman–Crippen MR) is 100 cm³/mol. The van der Waals surface area contributed by atoms with Gasteiger partial charge < -0.3 is 20.1 Å². The number of nitrogen functional groups attached to an aromatic ring is 1. The minimum Gasteiger partial charge on any atom is -0.465 e. The molecule has 2 N–H and O–H groups in total. The van der Waals surface area contributed by atoms with Gasteiger partial charge in [-0.3, -0.25) is 4.79 Å². The van der Waals surface area contributed by atoms with Crippen molar-refractivity contribution in [2.45, 2.75) is 13.5 Å². The van der Waals surface area contributed by atoms with Crippen molar-refractivity contribution in [2.24, 2.45) is 0 Å². The summed E-state index contributed by atoms with van der Waals surface area (Å²) >= 11 is 0. The van der Waals surface area contributed by atoms with Crippen molar-refractivity contribution in [1.82, 2.24) is 29.7 Å². The second-order valence-electron chi connectivity index (χ2n) is 6.15. The normalized spacial score (nSPS) is 14.4. The number of hydrogen-bond acceptors (Lipinski definition) is 10. The molecule has 146 valence electrons. The van der Waals surface area contributed by atoms with Gasteiger partial charge in [-0.2, -0.15) is 10.1 Å². The molecule has 1 saturated heterocycles. The molecule has 4 rings (SSSR count). The largest absolute Gasteiger partial charge is 0.465 e. The van der Waals surface area contributed by atoms with Crippen LogP contribution in [0.4, 0.5) is 11.9 Å². The monoisotopic (exact) mass is 384 g/mol. The van der Waals surface area contributed by atoms with Gasteiger partial charge in [-0.05, 0) is 6.92 Å². The SMILES string of the molecule is CCOC(=O)Cn1ncc2c(-c3cnc(N)nc3)nc(N3CCOCC3)nc21. The Bertz CT molecular complexity index is 982. The average molecular weight is 384 g/mol. The first kappa shape index (κ1) is 18.0. The number of ether oxygens (including phenoxy) is 2. The van der Waals surface area contributed by atoms with Crippen molar-refractivity contribution in [3.8, 4) is 11.3 Å². The molecule has 1 aliphatic heterocycles. The Hall–Kier alpha value is -3.34. The fraction of sp³-hybridized carbons (Fsp3) is 0.412. The van der Waals surface area contributed by atoms with Crippen LogP contribution < -0.4 is 10.6 Å². The van der Waals surface area contributed by atoms with E-state index < -0.39 is 0 Å². The number of carbonyl (C=O) groups is 1. The van der Waals surface area contributed by atoms with Gasteiger partial charge in [0.25, 0.3) is 0 Å². The number of fused-ring (bicyclic) bond motifs is 1. The van der Waals surface area contributed by atoms with Gasteiger partial charge in [-0.15, -0.1) is 0 Å². The van der Waals surface area contributed by atoms with Crippen molar-refractivity contribution < 1.29 is 14.3 Å². The molecule has 3 aromatic heterocycles. The Balaban J connectivity index is 1.82. The molecule has 11 heteroatoms. The molecule has 0 atom stereocenters. The van der Waals surface area contributed by atoms with Gasteiger partial charge in [0.2, 0.25) is 11.9 Å². The van der Waals surface area contributed by atoms with Crippen LogP contribution in [0.1, 0.15) is 6.92 Å². The summed E-state index contributed by atoms with van der Waals surface area (Å²) in [6.45, 7) is 4.59. The highest BCUT2D eigenvalue weighted by atomic mass is 16.5. The van der Waals surface area contributed by atoms with Gasteiger partial charge in [-0.1, -0.05) is 0 Å². The average Bonchev–Trinajstić information content (AvgIpc) is 3.11. The highest BCUT2D eigenvalue weighted by molar-refractivity contribution is 5.91. The van der Waals surface area contributed by atoms with E-state index in [4.69, 9.17) is 20.2 Å². The van der Waals surface area contributed by atoms with Gasteiger partial charge in [0.1, 0.15) is 6.54 Å². The lowest BCUT2D eigenvalue weighted by molar-refractivity contribution is -0.143. The molecule has 1 fully saturated rings. The number of rotatable bonds is 5. The number of hydrogen-bond donors (Lipinski definition) is 1. The van der Waals surface area contributed by atoms with Gasteiger partial charge in [0, 0.05) is 31.0 Å². The summed E-state index contributed by atoms with van der Waals surface area (Å²) in [6, 6.07) is 0. The fourth-order valence-corrected chi connectivity index (χ4v) is 2.97. The molecule has 0 spiro atoms.